The Morgan fingerprint density at radius 2 is 1.33 bits per heavy atom. The molecule has 0 unspecified atom stereocenters. The van der Waals surface area contributed by atoms with Crippen LogP contribution in [0.25, 0.3) is 21.9 Å². The molecule has 0 fully saturated rings. The first-order chi connectivity index (χ1) is 15.6. The van der Waals surface area contributed by atoms with Crippen LogP contribution in [0.2, 0.25) is 0 Å². The molecule has 3 rings (SSSR count). The molecule has 0 amide bonds. The summed E-state index contributed by atoms with van der Waals surface area (Å²) < 4.78 is 30.8. The van der Waals surface area contributed by atoms with Crippen molar-refractivity contribution in [2.24, 2.45) is 17.8 Å². The van der Waals surface area contributed by atoms with Gasteiger partial charge in [-0.2, -0.15) is 0 Å². The molecule has 0 saturated carbocycles. The van der Waals surface area contributed by atoms with Crippen molar-refractivity contribution in [1.29, 1.82) is 0 Å². The van der Waals surface area contributed by atoms with Gasteiger partial charge in [0, 0.05) is 0 Å². The quantitative estimate of drug-likeness (QED) is 0.273. The number of hydrogen-bond donors (Lipinski definition) is 0. The predicted molar refractivity (Wildman–Crippen MR) is 135 cm³/mol. The summed E-state index contributed by atoms with van der Waals surface area (Å²) in [5.41, 5.74) is 0.491. The van der Waals surface area contributed by atoms with Crippen molar-refractivity contribution >= 4 is 37.9 Å². The fourth-order valence-electron chi connectivity index (χ4n) is 3.26. The maximum Gasteiger partial charge on any atom is 0.206 e. The first-order valence-electron chi connectivity index (χ1n) is 11.3. The van der Waals surface area contributed by atoms with Crippen LogP contribution in [0.1, 0.15) is 41.5 Å². The third-order valence-corrected chi connectivity index (χ3v) is 5.40. The Labute approximate surface area is 203 Å². The lowest BCUT2D eigenvalue weighted by Gasteiger charge is -2.18. The van der Waals surface area contributed by atoms with Gasteiger partial charge in [-0.3, -0.25) is 4.79 Å². The first kappa shape index (κ1) is 25.2. The van der Waals surface area contributed by atoms with Gasteiger partial charge < -0.3 is 23.4 Å². The molecule has 0 radical (unpaired) electrons. The van der Waals surface area contributed by atoms with Crippen LogP contribution in [0.4, 0.5) is 0 Å². The summed E-state index contributed by atoms with van der Waals surface area (Å²) in [5, 5.41) is 0.824. The predicted octanol–water partition coefficient (Wildman–Crippen LogP) is 6.82. The summed E-state index contributed by atoms with van der Waals surface area (Å²) in [7, 11) is 1.56. The van der Waals surface area contributed by atoms with E-state index in [1.165, 1.54) is 0 Å². The van der Waals surface area contributed by atoms with E-state index in [0.29, 0.717) is 75.1 Å². The van der Waals surface area contributed by atoms with E-state index >= 15 is 0 Å². The van der Waals surface area contributed by atoms with Gasteiger partial charge in [-0.1, -0.05) is 41.5 Å². The maximum atomic E-state index is 13.5. The minimum absolute atomic E-state index is 0.172. The van der Waals surface area contributed by atoms with Gasteiger partial charge in [-0.25, -0.2) is 0 Å². The highest BCUT2D eigenvalue weighted by atomic mass is 79.9. The van der Waals surface area contributed by atoms with Crippen LogP contribution >= 0.6 is 15.9 Å². The third-order valence-electron chi connectivity index (χ3n) is 4.81. The molecule has 3 aromatic rings. The standard InChI is InChI=1S/C26H33BrO6/c1-14(2)11-30-20-9-8-17-21(28)18-10-19(27)24(29-7)26(32-13-16(5)6)23(18)33-22(17)25(20)31-12-15(3)4/h8-10,14-16H,11-13H2,1-7H3. The molecule has 0 N–H and O–H groups in total. The normalized spacial score (nSPS) is 11.7. The third kappa shape index (κ3) is 5.57. The zero-order valence-electron chi connectivity index (χ0n) is 20.4. The summed E-state index contributed by atoms with van der Waals surface area (Å²) in [4.78, 5) is 13.5. The second-order valence-corrected chi connectivity index (χ2v) is 10.3. The zero-order chi connectivity index (χ0) is 24.3. The fourth-order valence-corrected chi connectivity index (χ4v) is 3.83. The Bertz CT molecular complexity index is 1180. The van der Waals surface area contributed by atoms with Crippen molar-refractivity contribution in [3.63, 3.8) is 0 Å². The molecule has 0 atom stereocenters. The maximum absolute atomic E-state index is 13.5. The monoisotopic (exact) mass is 520 g/mol. The molecule has 0 bridgehead atoms. The van der Waals surface area contributed by atoms with Gasteiger partial charge in [-0.05, 0) is 51.9 Å². The van der Waals surface area contributed by atoms with Crippen molar-refractivity contribution in [2.45, 2.75) is 41.5 Å². The van der Waals surface area contributed by atoms with E-state index in [0.717, 1.165) is 0 Å². The molecule has 0 aliphatic rings. The van der Waals surface area contributed by atoms with Crippen LogP contribution in [0.5, 0.6) is 23.0 Å². The number of ether oxygens (including phenoxy) is 4. The lowest BCUT2D eigenvalue weighted by Crippen LogP contribution is -2.11. The van der Waals surface area contributed by atoms with Crippen LogP contribution in [0, 0.1) is 17.8 Å². The molecule has 0 aliphatic heterocycles. The Kier molecular flexibility index (Phi) is 8.16. The number of halogens is 1. The second kappa shape index (κ2) is 10.7. The summed E-state index contributed by atoms with van der Waals surface area (Å²) in [6, 6.07) is 5.21. The summed E-state index contributed by atoms with van der Waals surface area (Å²) in [6.45, 7) is 13.8. The molecule has 2 aromatic carbocycles. The van der Waals surface area contributed by atoms with Crippen molar-refractivity contribution < 1.29 is 23.4 Å². The number of rotatable bonds is 10. The van der Waals surface area contributed by atoms with E-state index in [-0.39, 0.29) is 17.3 Å². The summed E-state index contributed by atoms with van der Waals surface area (Å²) in [6.07, 6.45) is 0. The summed E-state index contributed by atoms with van der Waals surface area (Å²) >= 11 is 3.50. The van der Waals surface area contributed by atoms with Gasteiger partial charge in [-0.15, -0.1) is 0 Å². The van der Waals surface area contributed by atoms with Crippen LogP contribution in [0.3, 0.4) is 0 Å². The van der Waals surface area contributed by atoms with Crippen molar-refractivity contribution in [2.75, 3.05) is 26.9 Å². The molecule has 0 aliphatic carbocycles. The van der Waals surface area contributed by atoms with Crippen LogP contribution in [-0.4, -0.2) is 26.9 Å². The van der Waals surface area contributed by atoms with Gasteiger partial charge in [0.05, 0.1) is 42.2 Å². The minimum atomic E-state index is -0.172. The topological polar surface area (TPSA) is 67.1 Å². The highest BCUT2D eigenvalue weighted by molar-refractivity contribution is 9.10. The van der Waals surface area contributed by atoms with Crippen molar-refractivity contribution in [3.05, 3.63) is 32.9 Å². The highest BCUT2D eigenvalue weighted by Gasteiger charge is 2.23. The molecular formula is C26H33BrO6. The molecule has 6 nitrogen and oxygen atoms in total. The first-order valence-corrected chi connectivity index (χ1v) is 12.1. The molecule has 180 valence electrons. The molecule has 1 aromatic heterocycles. The van der Waals surface area contributed by atoms with Crippen molar-refractivity contribution in [1.82, 2.24) is 0 Å². The number of fused-ring (bicyclic) bond motifs is 2. The van der Waals surface area contributed by atoms with Crippen molar-refractivity contribution in [3.8, 4) is 23.0 Å². The zero-order valence-corrected chi connectivity index (χ0v) is 22.0. The van der Waals surface area contributed by atoms with E-state index in [9.17, 15) is 4.79 Å². The lowest BCUT2D eigenvalue weighted by atomic mass is 10.1. The number of methoxy groups -OCH3 is 1. The Hall–Kier alpha value is -2.41. The van der Waals surface area contributed by atoms with Crippen LogP contribution in [-0.2, 0) is 0 Å². The van der Waals surface area contributed by atoms with Gasteiger partial charge in [0.15, 0.2) is 22.7 Å². The van der Waals surface area contributed by atoms with E-state index in [1.807, 2.05) is 0 Å². The van der Waals surface area contributed by atoms with E-state index in [2.05, 4.69) is 57.5 Å². The molecule has 7 heteroatoms. The average Bonchev–Trinajstić information content (AvgIpc) is 2.75. The average molecular weight is 521 g/mol. The SMILES string of the molecule is COc1c(Br)cc2c(=O)c3ccc(OCC(C)C)c(OCC(C)C)c3oc2c1OCC(C)C. The molecule has 1 heterocycles. The number of benzene rings is 2. The molecule has 0 saturated heterocycles. The van der Waals surface area contributed by atoms with Gasteiger partial charge >= 0.3 is 0 Å². The Morgan fingerprint density at radius 1 is 0.788 bits per heavy atom. The number of hydrogen-bond acceptors (Lipinski definition) is 6. The van der Waals surface area contributed by atoms with E-state index in [1.54, 1.807) is 25.3 Å². The largest absolute Gasteiger partial charge is 0.492 e. The van der Waals surface area contributed by atoms with Gasteiger partial charge in [0.25, 0.3) is 0 Å². The van der Waals surface area contributed by atoms with E-state index in [4.69, 9.17) is 23.4 Å². The van der Waals surface area contributed by atoms with Gasteiger partial charge in [0.2, 0.25) is 16.9 Å². The minimum Gasteiger partial charge on any atom is -0.492 e. The molecule has 0 spiro atoms. The van der Waals surface area contributed by atoms with Crippen LogP contribution < -0.4 is 24.4 Å². The molecular weight excluding hydrogens is 488 g/mol. The second-order valence-electron chi connectivity index (χ2n) is 9.41. The summed E-state index contributed by atoms with van der Waals surface area (Å²) in [5.74, 6) is 2.73. The Morgan fingerprint density at radius 3 is 1.91 bits per heavy atom. The van der Waals surface area contributed by atoms with Crippen LogP contribution in [0.15, 0.2) is 31.9 Å². The molecule has 33 heavy (non-hydrogen) atoms. The Balaban J connectivity index is 2.33. The fraction of sp³-hybridized carbons (Fsp3) is 0.500. The highest BCUT2D eigenvalue weighted by Crippen LogP contribution is 2.44. The lowest BCUT2D eigenvalue weighted by molar-refractivity contribution is 0.229. The van der Waals surface area contributed by atoms with E-state index < -0.39 is 0 Å². The van der Waals surface area contributed by atoms with Gasteiger partial charge in [0.1, 0.15) is 0 Å². The smallest absolute Gasteiger partial charge is 0.206 e.